The number of fused-ring (bicyclic) bond motifs is 1. The number of aliphatic imine (C=N–C) groups is 1. The van der Waals surface area contributed by atoms with Crippen LogP contribution in [-0.2, 0) is 14.3 Å². The number of rotatable bonds is 9. The predicted octanol–water partition coefficient (Wildman–Crippen LogP) is 3.34. The molecule has 3 aliphatic rings. The van der Waals surface area contributed by atoms with Crippen LogP contribution < -0.4 is 5.32 Å². The minimum atomic E-state index is -0.990. The van der Waals surface area contributed by atoms with Crippen molar-refractivity contribution in [1.29, 1.82) is 0 Å². The van der Waals surface area contributed by atoms with Gasteiger partial charge in [-0.25, -0.2) is 18.6 Å². The number of hydrogen-bond acceptors (Lipinski definition) is 9. The second kappa shape index (κ2) is 12.2. The van der Waals surface area contributed by atoms with Crippen molar-refractivity contribution in [2.24, 2.45) is 10.4 Å². The fourth-order valence-corrected chi connectivity index (χ4v) is 6.66. The SMILES string of the molecule is CCOC(=O)C1=C(CN2CCN3C(=S)N(CC(C)(C)C(=O)O)CC3C2)NC(c2nccs2)=NC1c1ccc(F)c(F)c1C. The van der Waals surface area contributed by atoms with Crippen molar-refractivity contribution in [3.05, 3.63) is 62.7 Å². The quantitative estimate of drug-likeness (QED) is 0.316. The van der Waals surface area contributed by atoms with Crippen LogP contribution in [0.25, 0.3) is 0 Å². The van der Waals surface area contributed by atoms with Gasteiger partial charge in [-0.15, -0.1) is 11.3 Å². The topological polar surface area (TPSA) is 111 Å². The smallest absolute Gasteiger partial charge is 0.338 e. The minimum absolute atomic E-state index is 0.0393. The molecular weight excluding hydrogens is 598 g/mol. The number of carbonyl (C=O) groups excluding carboxylic acids is 1. The molecule has 2 unspecified atom stereocenters. The number of aliphatic carboxylic acids is 1. The Labute approximate surface area is 258 Å². The van der Waals surface area contributed by atoms with Crippen LogP contribution in [0, 0.1) is 24.0 Å². The molecule has 230 valence electrons. The van der Waals surface area contributed by atoms with Crippen molar-refractivity contribution in [2.75, 3.05) is 45.9 Å². The van der Waals surface area contributed by atoms with E-state index in [1.54, 1.807) is 32.3 Å². The van der Waals surface area contributed by atoms with E-state index in [0.717, 1.165) is 6.07 Å². The van der Waals surface area contributed by atoms with E-state index in [0.29, 0.717) is 66.5 Å². The maximum atomic E-state index is 14.8. The minimum Gasteiger partial charge on any atom is -0.481 e. The molecule has 2 fully saturated rings. The van der Waals surface area contributed by atoms with Gasteiger partial charge in [0.1, 0.15) is 6.04 Å². The van der Waals surface area contributed by atoms with Gasteiger partial charge in [0, 0.05) is 56.5 Å². The molecule has 2 saturated heterocycles. The molecule has 14 heteroatoms. The van der Waals surface area contributed by atoms with Gasteiger partial charge in [0.2, 0.25) is 0 Å². The lowest BCUT2D eigenvalue weighted by molar-refractivity contribution is -0.147. The lowest BCUT2D eigenvalue weighted by Crippen LogP contribution is -2.53. The molecule has 10 nitrogen and oxygen atoms in total. The Hall–Kier alpha value is -3.49. The van der Waals surface area contributed by atoms with Crippen molar-refractivity contribution in [3.63, 3.8) is 0 Å². The summed E-state index contributed by atoms with van der Waals surface area (Å²) in [5.74, 6) is -3.02. The number of aromatic nitrogens is 1. The van der Waals surface area contributed by atoms with Crippen LogP contribution in [0.15, 0.2) is 40.0 Å². The maximum Gasteiger partial charge on any atom is 0.338 e. The van der Waals surface area contributed by atoms with E-state index in [9.17, 15) is 23.5 Å². The summed E-state index contributed by atoms with van der Waals surface area (Å²) < 4.78 is 34.3. The number of thiocarbonyl (C=S) groups is 1. The number of hydrogen-bond donors (Lipinski definition) is 2. The summed E-state index contributed by atoms with van der Waals surface area (Å²) in [5.41, 5.74) is 0.240. The Kier molecular flexibility index (Phi) is 8.82. The molecule has 2 atom stereocenters. The van der Waals surface area contributed by atoms with Crippen LogP contribution in [0.1, 0.15) is 42.9 Å². The molecule has 0 amide bonds. The largest absolute Gasteiger partial charge is 0.481 e. The van der Waals surface area contributed by atoms with Gasteiger partial charge < -0.3 is 25.0 Å². The van der Waals surface area contributed by atoms with Gasteiger partial charge in [-0.2, -0.15) is 0 Å². The zero-order valence-electron chi connectivity index (χ0n) is 24.4. The third kappa shape index (κ3) is 6.13. The molecular formula is C29H34F2N6O4S2. The Morgan fingerprint density at radius 1 is 1.26 bits per heavy atom. The number of amidine groups is 1. The van der Waals surface area contributed by atoms with Crippen molar-refractivity contribution in [2.45, 2.75) is 39.8 Å². The van der Waals surface area contributed by atoms with Crippen molar-refractivity contribution in [1.82, 2.24) is 25.0 Å². The van der Waals surface area contributed by atoms with Gasteiger partial charge in [-0.1, -0.05) is 6.07 Å². The second-order valence-corrected chi connectivity index (χ2v) is 12.7. The molecule has 2 aromatic rings. The van der Waals surface area contributed by atoms with E-state index in [-0.39, 0.29) is 23.8 Å². The number of thiazole rings is 1. The lowest BCUT2D eigenvalue weighted by Gasteiger charge is -2.38. The number of esters is 1. The highest BCUT2D eigenvalue weighted by atomic mass is 32.1. The number of ether oxygens (including phenoxy) is 1. The standard InChI is InChI=1S/C29H34F2N6O4S2/c1-5-41-26(38)21-20(14-35-9-10-37-17(12-35)13-36(28(37)42)15-29(3,4)27(39)40)33-24(25-32-8-11-43-25)34-23(21)18-6-7-19(30)22(31)16(18)2/h6-8,11,17,23H,5,9-10,12-15H2,1-4H3,(H,33,34)(H,39,40). The first kappa shape index (κ1) is 31.0. The van der Waals surface area contributed by atoms with Gasteiger partial charge in [-0.05, 0) is 57.1 Å². The first-order chi connectivity index (χ1) is 20.4. The van der Waals surface area contributed by atoms with E-state index in [2.05, 4.69) is 20.1 Å². The van der Waals surface area contributed by atoms with Crippen molar-refractivity contribution < 1.29 is 28.2 Å². The summed E-state index contributed by atoms with van der Waals surface area (Å²) >= 11 is 7.08. The van der Waals surface area contributed by atoms with Crippen LogP contribution in [-0.4, -0.2) is 99.6 Å². The molecule has 0 spiro atoms. The van der Waals surface area contributed by atoms with Gasteiger partial charge >= 0.3 is 11.9 Å². The molecule has 0 saturated carbocycles. The third-order valence-corrected chi connectivity index (χ3v) is 9.27. The number of nitrogens with one attached hydrogen (secondary N) is 1. The van der Waals surface area contributed by atoms with Gasteiger partial charge in [0.25, 0.3) is 0 Å². The highest BCUT2D eigenvalue weighted by Crippen LogP contribution is 2.36. The monoisotopic (exact) mass is 632 g/mol. The van der Waals surface area contributed by atoms with Crippen molar-refractivity contribution >= 4 is 46.4 Å². The first-order valence-electron chi connectivity index (χ1n) is 14.0. The average molecular weight is 633 g/mol. The number of carbonyl (C=O) groups is 2. The summed E-state index contributed by atoms with van der Waals surface area (Å²) in [7, 11) is 0. The van der Waals surface area contributed by atoms with Crippen LogP contribution in [0.4, 0.5) is 8.78 Å². The zero-order valence-corrected chi connectivity index (χ0v) is 26.0. The number of carboxylic acids is 1. The molecule has 3 aliphatic heterocycles. The first-order valence-corrected chi connectivity index (χ1v) is 15.3. The molecule has 5 rings (SSSR count). The van der Waals surface area contributed by atoms with E-state index < -0.39 is 35.0 Å². The third-order valence-electron chi connectivity index (χ3n) is 7.99. The molecule has 0 bridgehead atoms. The van der Waals surface area contributed by atoms with Crippen LogP contribution in [0.2, 0.25) is 0 Å². The number of nitrogens with zero attached hydrogens (tertiary/aromatic N) is 5. The van der Waals surface area contributed by atoms with Gasteiger partial charge in [0.05, 0.1) is 23.6 Å². The number of piperazine rings is 1. The Bertz CT molecular complexity index is 1500. The molecule has 0 aliphatic carbocycles. The predicted molar refractivity (Wildman–Crippen MR) is 162 cm³/mol. The summed E-state index contributed by atoms with van der Waals surface area (Å²) in [6, 6.07) is 1.59. The fourth-order valence-electron chi connectivity index (χ4n) is 5.69. The lowest BCUT2D eigenvalue weighted by atomic mass is 9.92. The number of halogens is 2. The zero-order chi connectivity index (χ0) is 31.1. The van der Waals surface area contributed by atoms with Crippen LogP contribution in [0.3, 0.4) is 0 Å². The van der Waals surface area contributed by atoms with Crippen molar-refractivity contribution in [3.8, 4) is 0 Å². The molecule has 2 N–H and O–H groups in total. The van der Waals surface area contributed by atoms with E-state index >= 15 is 0 Å². The molecule has 1 aromatic carbocycles. The number of benzene rings is 1. The fraction of sp³-hybridized carbons (Fsp3) is 0.483. The normalized spacial score (nSPS) is 21.1. The summed E-state index contributed by atoms with van der Waals surface area (Å²) in [6.07, 6.45) is 1.64. The molecule has 43 heavy (non-hydrogen) atoms. The number of carboxylic acid groups (broad SMARTS) is 1. The maximum absolute atomic E-state index is 14.8. The van der Waals surface area contributed by atoms with Gasteiger partial charge in [-0.3, -0.25) is 14.7 Å². The van der Waals surface area contributed by atoms with Crippen LogP contribution >= 0.6 is 23.6 Å². The highest BCUT2D eigenvalue weighted by Gasteiger charge is 2.42. The average Bonchev–Trinajstić information content (AvgIpc) is 3.60. The molecule has 1 aromatic heterocycles. The summed E-state index contributed by atoms with van der Waals surface area (Å²) in [4.78, 5) is 40.7. The molecule has 0 radical (unpaired) electrons. The van der Waals surface area contributed by atoms with E-state index in [1.165, 1.54) is 24.3 Å². The van der Waals surface area contributed by atoms with Crippen LogP contribution in [0.5, 0.6) is 0 Å². The summed E-state index contributed by atoms with van der Waals surface area (Å²) in [5, 5.41) is 16.0. The molecule has 4 heterocycles. The van der Waals surface area contributed by atoms with Gasteiger partial charge in [0.15, 0.2) is 27.6 Å². The second-order valence-electron chi connectivity index (χ2n) is 11.5. The Morgan fingerprint density at radius 2 is 2.02 bits per heavy atom. The highest BCUT2D eigenvalue weighted by molar-refractivity contribution is 7.80. The Morgan fingerprint density at radius 3 is 2.70 bits per heavy atom. The van der Waals surface area contributed by atoms with E-state index in [1.807, 2.05) is 4.90 Å². The Balaban J connectivity index is 1.47. The summed E-state index contributed by atoms with van der Waals surface area (Å²) in [6.45, 7) is 9.78. The van der Waals surface area contributed by atoms with E-state index in [4.69, 9.17) is 21.9 Å².